The lowest BCUT2D eigenvalue weighted by Crippen LogP contribution is -2.54. The number of likely N-dealkylation sites (N-methyl/N-ethyl adjacent to an activating group) is 1. The monoisotopic (exact) mass is 290 g/mol. The summed E-state index contributed by atoms with van der Waals surface area (Å²) in [6.07, 6.45) is 1.28. The van der Waals surface area contributed by atoms with E-state index in [1.807, 2.05) is 6.07 Å². The molecule has 5 nitrogen and oxygen atoms in total. The zero-order chi connectivity index (χ0) is 15.9. The van der Waals surface area contributed by atoms with Gasteiger partial charge in [0.2, 0.25) is 0 Å². The van der Waals surface area contributed by atoms with E-state index in [1.165, 1.54) is 13.1 Å². The second-order valence-electron chi connectivity index (χ2n) is 4.64. The first-order chi connectivity index (χ1) is 9.99. The fourth-order valence-corrected chi connectivity index (χ4v) is 1.78. The molecule has 1 aromatic carbocycles. The lowest BCUT2D eigenvalue weighted by atomic mass is 10.1. The Morgan fingerprint density at radius 1 is 1.19 bits per heavy atom. The summed E-state index contributed by atoms with van der Waals surface area (Å²) >= 11 is 0. The molecule has 0 aliphatic carbocycles. The molecule has 2 amide bonds. The minimum Gasteiger partial charge on any atom is -0.420 e. The number of aldehydes is 1. The van der Waals surface area contributed by atoms with Crippen LogP contribution in [0.4, 0.5) is 4.79 Å². The van der Waals surface area contributed by atoms with E-state index >= 15 is 0 Å². The zero-order valence-corrected chi connectivity index (χ0v) is 12.5. The van der Waals surface area contributed by atoms with E-state index in [4.69, 9.17) is 4.74 Å². The van der Waals surface area contributed by atoms with Crippen LogP contribution in [0.1, 0.15) is 19.4 Å². The largest absolute Gasteiger partial charge is 0.523 e. The van der Waals surface area contributed by atoms with Gasteiger partial charge in [-0.15, -0.1) is 0 Å². The predicted molar refractivity (Wildman–Crippen MR) is 79.2 cm³/mol. The van der Waals surface area contributed by atoms with Crippen molar-refractivity contribution in [3.05, 3.63) is 41.5 Å². The van der Waals surface area contributed by atoms with Crippen molar-refractivity contribution in [1.29, 1.82) is 0 Å². The molecule has 0 N–H and O–H groups in total. The van der Waals surface area contributed by atoms with Crippen molar-refractivity contribution >= 4 is 24.4 Å². The van der Waals surface area contributed by atoms with Gasteiger partial charge in [0.15, 0.2) is 6.29 Å². The third kappa shape index (κ3) is 3.86. The summed E-state index contributed by atoms with van der Waals surface area (Å²) in [4.78, 5) is 35.8. The first kappa shape index (κ1) is 16.8. The van der Waals surface area contributed by atoms with Gasteiger partial charge in [0.1, 0.15) is 5.57 Å². The topological polar surface area (TPSA) is 60.4 Å². The lowest BCUT2D eigenvalue weighted by molar-refractivity contribution is -0.756. The Hall–Kier alpha value is -2.27. The molecule has 1 atom stereocenters. The maximum atomic E-state index is 12.5. The molecule has 112 valence electrons. The van der Waals surface area contributed by atoms with Gasteiger partial charge in [-0.1, -0.05) is 30.3 Å². The van der Waals surface area contributed by atoms with Gasteiger partial charge < -0.3 is 4.74 Å². The molecular formula is C16H20NO4+. The van der Waals surface area contributed by atoms with Crippen LogP contribution < -0.4 is 0 Å². The number of hydrogen-bond acceptors (Lipinski definition) is 4. The number of hydrogen-bond donors (Lipinski definition) is 0. The quantitative estimate of drug-likeness (QED) is 0.275. The summed E-state index contributed by atoms with van der Waals surface area (Å²) in [6.45, 7) is 3.75. The average molecular weight is 290 g/mol. The number of nitrogens with zero attached hydrogens (tertiary/aromatic N) is 1. The molecule has 0 radical (unpaired) electrons. The highest BCUT2D eigenvalue weighted by molar-refractivity contribution is 6.13. The molecule has 0 aliphatic rings. The highest BCUT2D eigenvalue weighted by Crippen LogP contribution is 2.15. The Balaban J connectivity index is 3.15. The van der Waals surface area contributed by atoms with Crippen LogP contribution in [0.5, 0.6) is 0 Å². The summed E-state index contributed by atoms with van der Waals surface area (Å²) in [5, 5.41) is 0. The smallest absolute Gasteiger partial charge is 0.420 e. The number of quaternary nitrogens is 1. The van der Waals surface area contributed by atoms with Gasteiger partial charge in [0.25, 0.3) is 0 Å². The minimum absolute atomic E-state index is 0.0568. The number of rotatable bonds is 5. The number of carbonyl (C=O) groups excluding carboxylic acids is 3. The second kappa shape index (κ2) is 7.50. The SMILES string of the molecule is CCOC(=O)[N+](C)(CC)C(=O)C(C=O)=Cc1ccccc1. The average Bonchev–Trinajstić information content (AvgIpc) is 2.52. The van der Waals surface area contributed by atoms with Gasteiger partial charge in [-0.3, -0.25) is 4.79 Å². The normalized spacial score (nSPS) is 14.1. The van der Waals surface area contributed by atoms with Crippen LogP contribution in [0.2, 0.25) is 0 Å². The van der Waals surface area contributed by atoms with Gasteiger partial charge in [0.05, 0.1) is 20.2 Å². The standard InChI is InChI=1S/C16H20NO4/c1-4-17(3,16(20)21-5-2)15(19)14(12-18)11-13-9-7-6-8-10-13/h6-12H,4-5H2,1-3H3/q+1. The highest BCUT2D eigenvalue weighted by atomic mass is 16.6. The molecule has 5 heteroatoms. The Labute approximate surface area is 124 Å². The molecule has 0 bridgehead atoms. The van der Waals surface area contributed by atoms with Crippen molar-refractivity contribution in [2.24, 2.45) is 0 Å². The number of imide groups is 1. The summed E-state index contributed by atoms with van der Waals surface area (Å²) < 4.78 is 4.34. The number of carbonyl (C=O) groups is 3. The second-order valence-corrected chi connectivity index (χ2v) is 4.64. The van der Waals surface area contributed by atoms with Gasteiger partial charge in [-0.05, 0) is 25.5 Å². The van der Waals surface area contributed by atoms with E-state index in [0.29, 0.717) is 6.29 Å². The maximum absolute atomic E-state index is 12.5. The van der Waals surface area contributed by atoms with Crippen LogP contribution in [-0.2, 0) is 14.3 Å². The van der Waals surface area contributed by atoms with Crippen molar-refractivity contribution in [3.63, 3.8) is 0 Å². The van der Waals surface area contributed by atoms with Gasteiger partial charge in [-0.25, -0.2) is 4.79 Å². The molecule has 1 aromatic rings. The fourth-order valence-electron chi connectivity index (χ4n) is 1.78. The predicted octanol–water partition coefficient (Wildman–Crippen LogP) is 2.42. The van der Waals surface area contributed by atoms with E-state index in [-0.39, 0.29) is 18.7 Å². The summed E-state index contributed by atoms with van der Waals surface area (Å²) in [7, 11) is 1.45. The molecule has 0 fully saturated rings. The van der Waals surface area contributed by atoms with Crippen LogP contribution in [0.15, 0.2) is 35.9 Å². The first-order valence-corrected chi connectivity index (χ1v) is 6.79. The van der Waals surface area contributed by atoms with E-state index in [2.05, 4.69) is 0 Å². The van der Waals surface area contributed by atoms with Crippen molar-refractivity contribution < 1.29 is 23.6 Å². The summed E-state index contributed by atoms with van der Waals surface area (Å²) in [6, 6.07) is 9.00. The lowest BCUT2D eigenvalue weighted by Gasteiger charge is -2.25. The Morgan fingerprint density at radius 2 is 1.81 bits per heavy atom. The van der Waals surface area contributed by atoms with Crippen molar-refractivity contribution in [3.8, 4) is 0 Å². The zero-order valence-electron chi connectivity index (χ0n) is 12.5. The highest BCUT2D eigenvalue weighted by Gasteiger charge is 2.42. The molecule has 0 spiro atoms. The number of amides is 2. The van der Waals surface area contributed by atoms with E-state index in [9.17, 15) is 14.4 Å². The van der Waals surface area contributed by atoms with Crippen LogP contribution in [0.3, 0.4) is 0 Å². The molecule has 0 heterocycles. The van der Waals surface area contributed by atoms with Crippen LogP contribution in [0, 0.1) is 0 Å². The summed E-state index contributed by atoms with van der Waals surface area (Å²) in [5.74, 6) is -0.574. The third-order valence-corrected chi connectivity index (χ3v) is 3.25. The van der Waals surface area contributed by atoms with E-state index in [0.717, 1.165) is 5.56 Å². The molecule has 0 aromatic heterocycles. The Kier molecular flexibility index (Phi) is 5.99. The maximum Gasteiger partial charge on any atom is 0.523 e. The number of benzene rings is 1. The fraction of sp³-hybridized carbons (Fsp3) is 0.312. The van der Waals surface area contributed by atoms with Crippen molar-refractivity contribution in [1.82, 2.24) is 0 Å². The Morgan fingerprint density at radius 3 is 2.29 bits per heavy atom. The Bertz CT molecular complexity index is 551. The van der Waals surface area contributed by atoms with Crippen molar-refractivity contribution in [2.75, 3.05) is 20.2 Å². The van der Waals surface area contributed by atoms with Crippen LogP contribution in [0.25, 0.3) is 6.08 Å². The third-order valence-electron chi connectivity index (χ3n) is 3.25. The molecular weight excluding hydrogens is 270 g/mol. The van der Waals surface area contributed by atoms with Crippen molar-refractivity contribution in [2.45, 2.75) is 13.8 Å². The van der Waals surface area contributed by atoms with Gasteiger partial charge in [0, 0.05) is 0 Å². The van der Waals surface area contributed by atoms with Gasteiger partial charge in [-0.2, -0.15) is 9.28 Å². The molecule has 1 rings (SSSR count). The molecule has 21 heavy (non-hydrogen) atoms. The van der Waals surface area contributed by atoms with E-state index in [1.54, 1.807) is 38.1 Å². The number of ether oxygens (including phenoxy) is 1. The van der Waals surface area contributed by atoms with Crippen LogP contribution in [-0.4, -0.2) is 43.0 Å². The molecule has 1 unspecified atom stereocenters. The van der Waals surface area contributed by atoms with E-state index < -0.39 is 16.5 Å². The first-order valence-electron chi connectivity index (χ1n) is 6.79. The molecule has 0 saturated heterocycles. The molecule has 0 saturated carbocycles. The van der Waals surface area contributed by atoms with Crippen LogP contribution >= 0.6 is 0 Å². The molecule has 0 aliphatic heterocycles. The summed E-state index contributed by atoms with van der Waals surface area (Å²) in [5.41, 5.74) is 0.665. The van der Waals surface area contributed by atoms with Gasteiger partial charge >= 0.3 is 12.0 Å². The minimum atomic E-state index is -0.661.